The van der Waals surface area contributed by atoms with Gasteiger partial charge in [0, 0.05) is 34.1 Å². The van der Waals surface area contributed by atoms with Gasteiger partial charge in [-0.05, 0) is 53.4 Å². The Labute approximate surface area is 164 Å². The number of hydrogen-bond acceptors (Lipinski definition) is 3. The number of hydrogen-bond donors (Lipinski definition) is 0. The molecule has 0 atom stereocenters. The van der Waals surface area contributed by atoms with Crippen LogP contribution in [0.3, 0.4) is 0 Å². The maximum Gasteiger partial charge on any atom is 0.134 e. The second-order valence-corrected chi connectivity index (χ2v) is 7.51. The Balaban J connectivity index is 2.02. The number of aromatic nitrogens is 2. The Morgan fingerprint density at radius 1 is 1.00 bits per heavy atom. The first-order valence-electron chi connectivity index (χ1n) is 8.01. The molecule has 0 unspecified atom stereocenters. The fourth-order valence-electron chi connectivity index (χ4n) is 2.93. The number of halogens is 3. The molecule has 0 amide bonds. The van der Waals surface area contributed by atoms with Gasteiger partial charge in [-0.15, -0.1) is 22.9 Å². The average molecular weight is 403 g/mol. The number of thiophene rings is 1. The molecule has 0 spiro atoms. The van der Waals surface area contributed by atoms with E-state index in [4.69, 9.17) is 23.2 Å². The largest absolute Gasteiger partial charge is 0.265 e. The van der Waals surface area contributed by atoms with Crippen LogP contribution in [0.2, 0.25) is 5.15 Å². The minimum Gasteiger partial charge on any atom is -0.265 e. The van der Waals surface area contributed by atoms with Gasteiger partial charge in [0.1, 0.15) is 15.8 Å². The molecule has 26 heavy (non-hydrogen) atoms. The summed E-state index contributed by atoms with van der Waals surface area (Å²) in [6.45, 7) is 0. The average Bonchev–Trinajstić information content (AvgIpc) is 3.01. The van der Waals surface area contributed by atoms with Gasteiger partial charge in [-0.1, -0.05) is 23.7 Å². The molecule has 0 N–H and O–H groups in total. The maximum atomic E-state index is 13.4. The minimum absolute atomic E-state index is 0.258. The monoisotopic (exact) mass is 402 g/mol. The predicted octanol–water partition coefficient (Wildman–Crippen LogP) is 6.60. The SMILES string of the molecule is Fc1ccc(-c2sc3nc(Cl)c(CCCl)cc3c2-c2ccncc2)cc1. The molecule has 2 nitrogen and oxygen atoms in total. The maximum absolute atomic E-state index is 13.4. The van der Waals surface area contributed by atoms with Crippen molar-refractivity contribution in [1.29, 1.82) is 0 Å². The molecule has 0 bridgehead atoms. The van der Waals surface area contributed by atoms with E-state index in [1.807, 2.05) is 12.1 Å². The van der Waals surface area contributed by atoms with Gasteiger partial charge in [0.2, 0.25) is 0 Å². The summed E-state index contributed by atoms with van der Waals surface area (Å²) >= 11 is 13.8. The highest BCUT2D eigenvalue weighted by Gasteiger charge is 2.18. The summed E-state index contributed by atoms with van der Waals surface area (Å²) in [5.74, 6) is 0.220. The summed E-state index contributed by atoms with van der Waals surface area (Å²) in [5.41, 5.74) is 3.95. The molecule has 0 aliphatic rings. The van der Waals surface area contributed by atoms with Crippen LogP contribution in [0.25, 0.3) is 31.8 Å². The highest BCUT2D eigenvalue weighted by molar-refractivity contribution is 7.22. The summed E-state index contributed by atoms with van der Waals surface area (Å²) in [6, 6.07) is 12.5. The first kappa shape index (κ1) is 17.4. The zero-order chi connectivity index (χ0) is 18.1. The van der Waals surface area contributed by atoms with Crippen LogP contribution in [0.1, 0.15) is 5.56 Å². The first-order valence-corrected chi connectivity index (χ1v) is 9.74. The van der Waals surface area contributed by atoms with Crippen LogP contribution in [-0.2, 0) is 6.42 Å². The predicted molar refractivity (Wildman–Crippen MR) is 108 cm³/mol. The van der Waals surface area contributed by atoms with Gasteiger partial charge in [0.15, 0.2) is 0 Å². The van der Waals surface area contributed by atoms with Crippen LogP contribution < -0.4 is 0 Å². The lowest BCUT2D eigenvalue weighted by Gasteiger charge is -2.06. The van der Waals surface area contributed by atoms with Crippen molar-refractivity contribution < 1.29 is 4.39 Å². The van der Waals surface area contributed by atoms with Gasteiger partial charge in [0.25, 0.3) is 0 Å². The van der Waals surface area contributed by atoms with Crippen molar-refractivity contribution in [1.82, 2.24) is 9.97 Å². The molecule has 4 aromatic rings. The quantitative estimate of drug-likeness (QED) is 0.283. The molecule has 6 heteroatoms. The van der Waals surface area contributed by atoms with Crippen LogP contribution >= 0.6 is 34.5 Å². The van der Waals surface area contributed by atoms with E-state index in [-0.39, 0.29) is 5.82 Å². The van der Waals surface area contributed by atoms with E-state index in [0.717, 1.165) is 37.3 Å². The molecule has 130 valence electrons. The van der Waals surface area contributed by atoms with Crippen LogP contribution in [0.5, 0.6) is 0 Å². The molecular formula is C20H13Cl2FN2S. The van der Waals surface area contributed by atoms with Crippen molar-refractivity contribution in [3.8, 4) is 21.6 Å². The Bertz CT molecular complexity index is 1060. The van der Waals surface area contributed by atoms with E-state index in [0.29, 0.717) is 17.5 Å². The van der Waals surface area contributed by atoms with Crippen LogP contribution in [0.15, 0.2) is 54.9 Å². The lowest BCUT2D eigenvalue weighted by molar-refractivity contribution is 0.628. The lowest BCUT2D eigenvalue weighted by Crippen LogP contribution is -1.91. The van der Waals surface area contributed by atoms with E-state index in [1.54, 1.807) is 35.9 Å². The number of rotatable bonds is 4. The second-order valence-electron chi connectivity index (χ2n) is 5.78. The van der Waals surface area contributed by atoms with Crippen molar-refractivity contribution in [3.63, 3.8) is 0 Å². The highest BCUT2D eigenvalue weighted by Crippen LogP contribution is 2.45. The van der Waals surface area contributed by atoms with Crippen molar-refractivity contribution >= 4 is 44.8 Å². The highest BCUT2D eigenvalue weighted by atomic mass is 35.5. The molecule has 4 rings (SSSR count). The third-order valence-corrected chi connectivity index (χ3v) is 5.81. The number of alkyl halides is 1. The van der Waals surface area contributed by atoms with E-state index < -0.39 is 0 Å². The van der Waals surface area contributed by atoms with E-state index in [1.165, 1.54) is 12.1 Å². The zero-order valence-corrected chi connectivity index (χ0v) is 15.9. The number of fused-ring (bicyclic) bond motifs is 1. The Kier molecular flexibility index (Phi) is 4.90. The number of aryl methyl sites for hydroxylation is 1. The molecule has 3 heterocycles. The van der Waals surface area contributed by atoms with E-state index in [2.05, 4.69) is 16.0 Å². The Morgan fingerprint density at radius 3 is 2.42 bits per heavy atom. The Morgan fingerprint density at radius 2 is 1.73 bits per heavy atom. The molecule has 0 fully saturated rings. The second kappa shape index (κ2) is 7.31. The molecule has 0 radical (unpaired) electrons. The fourth-order valence-corrected chi connectivity index (χ4v) is 4.60. The Hall–Kier alpha value is -2.01. The number of pyridine rings is 2. The molecular weight excluding hydrogens is 390 g/mol. The molecule has 0 aliphatic heterocycles. The van der Waals surface area contributed by atoms with Gasteiger partial charge >= 0.3 is 0 Å². The summed E-state index contributed by atoms with van der Waals surface area (Å²) in [5, 5.41) is 1.50. The van der Waals surface area contributed by atoms with Crippen LogP contribution in [0.4, 0.5) is 4.39 Å². The van der Waals surface area contributed by atoms with Crippen molar-refractivity contribution in [2.45, 2.75) is 6.42 Å². The summed E-state index contributed by atoms with van der Waals surface area (Å²) < 4.78 is 13.4. The van der Waals surface area contributed by atoms with Crippen molar-refractivity contribution in [2.75, 3.05) is 5.88 Å². The minimum atomic E-state index is -0.258. The van der Waals surface area contributed by atoms with E-state index in [9.17, 15) is 4.39 Å². The topological polar surface area (TPSA) is 25.8 Å². The van der Waals surface area contributed by atoms with Crippen LogP contribution in [0, 0.1) is 5.82 Å². The molecule has 0 saturated carbocycles. The molecule has 0 saturated heterocycles. The van der Waals surface area contributed by atoms with Gasteiger partial charge in [-0.2, -0.15) is 0 Å². The standard InChI is InChI=1S/C20H13Cl2FN2S/c21-8-5-14-11-16-17(12-6-9-24-10-7-12)18(26-20(16)25-19(14)22)13-1-3-15(23)4-2-13/h1-4,6-7,9-11H,5,8H2. The molecule has 1 aromatic carbocycles. The fraction of sp³-hybridized carbons (Fsp3) is 0.100. The van der Waals surface area contributed by atoms with Crippen molar-refractivity contribution in [2.24, 2.45) is 0 Å². The molecule has 3 aromatic heterocycles. The van der Waals surface area contributed by atoms with Gasteiger partial charge in [-0.3, -0.25) is 4.98 Å². The zero-order valence-electron chi connectivity index (χ0n) is 13.5. The third-order valence-electron chi connectivity index (χ3n) is 4.15. The van der Waals surface area contributed by atoms with Gasteiger partial charge < -0.3 is 0 Å². The normalized spacial score (nSPS) is 11.2. The number of benzene rings is 1. The van der Waals surface area contributed by atoms with Crippen LogP contribution in [-0.4, -0.2) is 15.8 Å². The lowest BCUT2D eigenvalue weighted by atomic mass is 9.99. The van der Waals surface area contributed by atoms with Gasteiger partial charge in [-0.25, -0.2) is 9.37 Å². The summed E-state index contributed by atoms with van der Waals surface area (Å²) in [7, 11) is 0. The summed E-state index contributed by atoms with van der Waals surface area (Å²) in [6.07, 6.45) is 4.17. The number of nitrogens with zero attached hydrogens (tertiary/aromatic N) is 2. The van der Waals surface area contributed by atoms with Gasteiger partial charge in [0.05, 0.1) is 0 Å². The first-order chi connectivity index (χ1) is 12.7. The summed E-state index contributed by atoms with van der Waals surface area (Å²) in [4.78, 5) is 10.6. The van der Waals surface area contributed by atoms with E-state index >= 15 is 0 Å². The smallest absolute Gasteiger partial charge is 0.134 e. The molecule has 0 aliphatic carbocycles. The van der Waals surface area contributed by atoms with Crippen molar-refractivity contribution in [3.05, 3.63) is 71.4 Å². The third kappa shape index (κ3) is 3.20.